The monoisotopic (exact) mass is 298 g/mol. The van der Waals surface area contributed by atoms with Crippen molar-refractivity contribution in [3.05, 3.63) is 53.9 Å². The first-order valence-corrected chi connectivity index (χ1v) is 7.67. The normalized spacial score (nSPS) is 17.5. The molecule has 3 rings (SSSR count). The Morgan fingerprint density at radius 3 is 2.82 bits per heavy atom. The minimum Gasteiger partial charge on any atom is -0.496 e. The molecule has 4 heteroatoms. The second-order valence-corrected chi connectivity index (χ2v) is 5.89. The van der Waals surface area contributed by atoms with Gasteiger partial charge >= 0.3 is 0 Å². The number of rotatable bonds is 5. The van der Waals surface area contributed by atoms with E-state index < -0.39 is 0 Å². The van der Waals surface area contributed by atoms with Gasteiger partial charge in [-0.3, -0.25) is 0 Å². The van der Waals surface area contributed by atoms with Crippen molar-refractivity contribution in [2.75, 3.05) is 13.7 Å². The van der Waals surface area contributed by atoms with Crippen LogP contribution in [-0.2, 0) is 11.3 Å². The number of benzene rings is 1. The lowest BCUT2D eigenvalue weighted by molar-refractivity contribution is 0.290. The molecule has 0 saturated heterocycles. The fraction of sp³-hybridized carbons (Fsp3) is 0.389. The molecular weight excluding hydrogens is 276 g/mol. The van der Waals surface area contributed by atoms with Gasteiger partial charge < -0.3 is 14.0 Å². The van der Waals surface area contributed by atoms with E-state index in [-0.39, 0.29) is 6.04 Å². The molecule has 0 fully saturated rings. The molecular formula is C18H22N2O2. The van der Waals surface area contributed by atoms with Gasteiger partial charge in [0.15, 0.2) is 0 Å². The third kappa shape index (κ3) is 2.86. The molecule has 1 aliphatic rings. The summed E-state index contributed by atoms with van der Waals surface area (Å²) in [5.74, 6) is 2.14. The summed E-state index contributed by atoms with van der Waals surface area (Å²) in [5.41, 5.74) is 2.16. The van der Waals surface area contributed by atoms with E-state index in [0.717, 1.165) is 29.4 Å². The van der Waals surface area contributed by atoms with Crippen molar-refractivity contribution in [3.8, 4) is 5.75 Å². The highest BCUT2D eigenvalue weighted by molar-refractivity contribution is 5.93. The van der Waals surface area contributed by atoms with Gasteiger partial charge in [0, 0.05) is 11.8 Å². The minimum absolute atomic E-state index is 0.254. The third-order valence-electron chi connectivity index (χ3n) is 4.03. The second kappa shape index (κ2) is 6.26. The van der Waals surface area contributed by atoms with Crippen molar-refractivity contribution >= 4 is 5.90 Å². The van der Waals surface area contributed by atoms with Crippen molar-refractivity contribution in [2.24, 2.45) is 10.9 Å². The fourth-order valence-electron chi connectivity index (χ4n) is 2.63. The molecule has 0 saturated carbocycles. The smallest absolute Gasteiger partial charge is 0.233 e. The topological polar surface area (TPSA) is 35.8 Å². The van der Waals surface area contributed by atoms with Crippen LogP contribution in [0.15, 0.2) is 47.6 Å². The average Bonchev–Trinajstić information content (AvgIpc) is 3.16. The average molecular weight is 298 g/mol. The minimum atomic E-state index is 0.254. The summed E-state index contributed by atoms with van der Waals surface area (Å²) >= 11 is 0. The largest absolute Gasteiger partial charge is 0.496 e. The third-order valence-corrected chi connectivity index (χ3v) is 4.03. The summed E-state index contributed by atoms with van der Waals surface area (Å²) in [7, 11) is 1.70. The maximum atomic E-state index is 5.80. The standard InChI is InChI=1S/C18H22N2O2/c1-13(2)15-12-22-18(19-15)16-8-6-10-20(16)11-14-7-4-5-9-17(14)21-3/h4-10,13,15H,11-12H2,1-3H3/t15-/m0/s1. The zero-order chi connectivity index (χ0) is 15.5. The highest BCUT2D eigenvalue weighted by Gasteiger charge is 2.24. The molecule has 2 aromatic rings. The lowest BCUT2D eigenvalue weighted by atomic mass is 10.1. The van der Waals surface area contributed by atoms with Gasteiger partial charge in [-0.1, -0.05) is 32.0 Å². The molecule has 0 unspecified atom stereocenters. The van der Waals surface area contributed by atoms with Crippen LogP contribution in [0.3, 0.4) is 0 Å². The van der Waals surface area contributed by atoms with Gasteiger partial charge in [0.25, 0.3) is 0 Å². The van der Waals surface area contributed by atoms with Crippen LogP contribution < -0.4 is 4.74 Å². The Morgan fingerprint density at radius 1 is 1.27 bits per heavy atom. The van der Waals surface area contributed by atoms with Crippen LogP contribution >= 0.6 is 0 Å². The van der Waals surface area contributed by atoms with Crippen molar-refractivity contribution in [3.63, 3.8) is 0 Å². The van der Waals surface area contributed by atoms with E-state index in [0.29, 0.717) is 12.5 Å². The summed E-state index contributed by atoms with van der Waals surface area (Å²) in [6.07, 6.45) is 2.05. The molecule has 1 aliphatic heterocycles. The summed E-state index contributed by atoms with van der Waals surface area (Å²) in [4.78, 5) is 4.72. The Bertz CT molecular complexity index is 673. The van der Waals surface area contributed by atoms with E-state index in [1.807, 2.05) is 24.3 Å². The van der Waals surface area contributed by atoms with Gasteiger partial charge in [0.2, 0.25) is 5.90 Å². The van der Waals surface area contributed by atoms with E-state index in [2.05, 4.69) is 36.7 Å². The zero-order valence-electron chi connectivity index (χ0n) is 13.3. The number of ether oxygens (including phenoxy) is 2. The maximum Gasteiger partial charge on any atom is 0.233 e. The Balaban J connectivity index is 1.86. The first-order valence-electron chi connectivity index (χ1n) is 7.67. The first kappa shape index (κ1) is 14.7. The highest BCUT2D eigenvalue weighted by atomic mass is 16.5. The molecule has 22 heavy (non-hydrogen) atoms. The molecule has 1 aromatic heterocycles. The zero-order valence-corrected chi connectivity index (χ0v) is 13.3. The molecule has 0 spiro atoms. The molecule has 0 bridgehead atoms. The Hall–Kier alpha value is -2.23. The van der Waals surface area contributed by atoms with Crippen LogP contribution in [0, 0.1) is 5.92 Å². The van der Waals surface area contributed by atoms with Gasteiger partial charge in [-0.15, -0.1) is 0 Å². The lowest BCUT2D eigenvalue weighted by Gasteiger charge is -2.12. The van der Waals surface area contributed by atoms with Crippen LogP contribution in [0.1, 0.15) is 25.1 Å². The number of hydrogen-bond donors (Lipinski definition) is 0. The van der Waals surface area contributed by atoms with Crippen LogP contribution in [0.5, 0.6) is 5.75 Å². The SMILES string of the molecule is COc1ccccc1Cn1cccc1C1=N[C@H](C(C)C)CO1. The molecule has 2 heterocycles. The second-order valence-electron chi connectivity index (χ2n) is 5.89. The van der Waals surface area contributed by atoms with E-state index in [1.165, 1.54) is 0 Å². The summed E-state index contributed by atoms with van der Waals surface area (Å²) < 4.78 is 13.4. The Kier molecular flexibility index (Phi) is 4.18. The summed E-state index contributed by atoms with van der Waals surface area (Å²) in [5, 5.41) is 0. The van der Waals surface area contributed by atoms with E-state index >= 15 is 0 Å². The van der Waals surface area contributed by atoms with Gasteiger partial charge in [0.05, 0.1) is 19.7 Å². The quantitative estimate of drug-likeness (QED) is 0.848. The lowest BCUT2D eigenvalue weighted by Crippen LogP contribution is -2.13. The Morgan fingerprint density at radius 2 is 2.09 bits per heavy atom. The van der Waals surface area contributed by atoms with Crippen LogP contribution in [0.4, 0.5) is 0 Å². The molecule has 0 radical (unpaired) electrons. The van der Waals surface area contributed by atoms with Crippen molar-refractivity contribution < 1.29 is 9.47 Å². The van der Waals surface area contributed by atoms with Crippen molar-refractivity contribution in [1.29, 1.82) is 0 Å². The van der Waals surface area contributed by atoms with Gasteiger partial charge in [-0.05, 0) is 24.1 Å². The van der Waals surface area contributed by atoms with Crippen LogP contribution in [0.25, 0.3) is 0 Å². The number of methoxy groups -OCH3 is 1. The van der Waals surface area contributed by atoms with Crippen molar-refractivity contribution in [2.45, 2.75) is 26.4 Å². The predicted molar refractivity (Wildman–Crippen MR) is 87.6 cm³/mol. The van der Waals surface area contributed by atoms with Gasteiger partial charge in [-0.2, -0.15) is 0 Å². The molecule has 1 aromatic carbocycles. The molecule has 0 amide bonds. The fourth-order valence-corrected chi connectivity index (χ4v) is 2.63. The molecule has 4 nitrogen and oxygen atoms in total. The van der Waals surface area contributed by atoms with Crippen molar-refractivity contribution in [1.82, 2.24) is 4.57 Å². The maximum absolute atomic E-state index is 5.80. The van der Waals surface area contributed by atoms with Crippen LogP contribution in [-0.4, -0.2) is 30.2 Å². The number of para-hydroxylation sites is 1. The Labute approximate surface area is 131 Å². The van der Waals surface area contributed by atoms with E-state index in [1.54, 1.807) is 7.11 Å². The highest BCUT2D eigenvalue weighted by Crippen LogP contribution is 2.22. The number of aliphatic imine (C=N–C) groups is 1. The predicted octanol–water partition coefficient (Wildman–Crippen LogP) is 3.35. The molecule has 1 atom stereocenters. The first-order chi connectivity index (χ1) is 10.7. The van der Waals surface area contributed by atoms with Gasteiger partial charge in [0.1, 0.15) is 18.1 Å². The van der Waals surface area contributed by atoms with Crippen LogP contribution in [0.2, 0.25) is 0 Å². The van der Waals surface area contributed by atoms with E-state index in [9.17, 15) is 0 Å². The van der Waals surface area contributed by atoms with Gasteiger partial charge in [-0.25, -0.2) is 4.99 Å². The summed E-state index contributed by atoms with van der Waals surface area (Å²) in [6, 6.07) is 12.4. The molecule has 116 valence electrons. The number of hydrogen-bond acceptors (Lipinski definition) is 3. The summed E-state index contributed by atoms with van der Waals surface area (Å²) in [6.45, 7) is 5.76. The van der Waals surface area contributed by atoms with E-state index in [4.69, 9.17) is 14.5 Å². The number of nitrogens with zero attached hydrogens (tertiary/aromatic N) is 2. The number of aromatic nitrogens is 1. The molecule has 0 aliphatic carbocycles. The molecule has 0 N–H and O–H groups in total.